The van der Waals surface area contributed by atoms with E-state index in [1.165, 1.54) is 17.0 Å². The summed E-state index contributed by atoms with van der Waals surface area (Å²) in [5, 5.41) is 11.3. The van der Waals surface area contributed by atoms with Crippen LogP contribution >= 0.6 is 0 Å². The first-order chi connectivity index (χ1) is 8.49. The van der Waals surface area contributed by atoms with E-state index in [-0.39, 0.29) is 18.9 Å². The lowest BCUT2D eigenvalue weighted by molar-refractivity contribution is -0.145. The highest BCUT2D eigenvalue weighted by Crippen LogP contribution is 2.20. The van der Waals surface area contributed by atoms with Crippen molar-refractivity contribution in [1.82, 2.24) is 4.90 Å². The minimum atomic E-state index is -0.902. The van der Waals surface area contributed by atoms with Crippen molar-refractivity contribution in [3.05, 3.63) is 29.6 Å². The second kappa shape index (κ2) is 4.64. The highest BCUT2D eigenvalue weighted by atomic mass is 19.1. The third-order valence-electron chi connectivity index (χ3n) is 3.03. The Hall–Kier alpha value is -2.11. The number of nitrogens with one attached hydrogen (secondary N) is 1. The maximum atomic E-state index is 13.3. The van der Waals surface area contributed by atoms with Crippen LogP contribution in [-0.4, -0.2) is 35.1 Å². The first-order valence-corrected chi connectivity index (χ1v) is 5.53. The van der Waals surface area contributed by atoms with Gasteiger partial charge in [-0.3, -0.25) is 4.79 Å². The molecule has 1 aromatic carbocycles. The molecule has 18 heavy (non-hydrogen) atoms. The molecule has 96 valence electrons. The number of halogens is 1. The molecule has 2 rings (SSSR count). The van der Waals surface area contributed by atoms with Gasteiger partial charge in [0.2, 0.25) is 0 Å². The molecule has 2 N–H and O–H groups in total. The van der Waals surface area contributed by atoms with Crippen LogP contribution in [0, 0.1) is 18.7 Å². The number of hydrogen-bond donors (Lipinski definition) is 2. The number of aliphatic carboxylic acids is 1. The summed E-state index contributed by atoms with van der Waals surface area (Å²) in [4.78, 5) is 23.7. The van der Waals surface area contributed by atoms with E-state index in [9.17, 15) is 14.0 Å². The molecule has 1 aliphatic heterocycles. The number of nitrogens with zero attached hydrogens (tertiary/aromatic N) is 1. The van der Waals surface area contributed by atoms with Crippen LogP contribution in [0.1, 0.15) is 5.56 Å². The molecule has 2 amide bonds. The number of carboxylic acids is 1. The first kappa shape index (κ1) is 12.3. The molecule has 0 spiro atoms. The van der Waals surface area contributed by atoms with E-state index in [4.69, 9.17) is 5.11 Å². The molecule has 1 saturated heterocycles. The number of likely N-dealkylation sites (tertiary alicyclic amines) is 1. The standard InChI is InChI=1S/C12H13FN2O3/c1-7-9(13)3-2-4-10(7)14-12(18)15-5-8(6-15)11(16)17/h2-4,8H,5-6H2,1H3,(H,14,18)(H,16,17). The number of amides is 2. The van der Waals surface area contributed by atoms with Crippen molar-refractivity contribution in [2.24, 2.45) is 5.92 Å². The zero-order valence-electron chi connectivity index (χ0n) is 9.81. The fourth-order valence-corrected chi connectivity index (χ4v) is 1.74. The second-order valence-electron chi connectivity index (χ2n) is 4.28. The number of anilines is 1. The van der Waals surface area contributed by atoms with Crippen molar-refractivity contribution in [2.75, 3.05) is 18.4 Å². The summed E-state index contributed by atoms with van der Waals surface area (Å²) in [6.45, 7) is 1.95. The number of benzene rings is 1. The Morgan fingerprint density at radius 3 is 2.72 bits per heavy atom. The Kier molecular flexibility index (Phi) is 3.18. The summed E-state index contributed by atoms with van der Waals surface area (Å²) < 4.78 is 13.3. The number of carbonyl (C=O) groups is 2. The highest BCUT2D eigenvalue weighted by molar-refractivity contribution is 5.91. The Morgan fingerprint density at radius 1 is 1.44 bits per heavy atom. The number of rotatable bonds is 2. The maximum Gasteiger partial charge on any atom is 0.321 e. The molecule has 0 aliphatic carbocycles. The van der Waals surface area contributed by atoms with E-state index in [1.807, 2.05) is 0 Å². The van der Waals surface area contributed by atoms with Crippen LogP contribution in [0.5, 0.6) is 0 Å². The average molecular weight is 252 g/mol. The van der Waals surface area contributed by atoms with E-state index in [0.717, 1.165) is 0 Å². The minimum Gasteiger partial charge on any atom is -0.481 e. The van der Waals surface area contributed by atoms with Gasteiger partial charge in [0.1, 0.15) is 5.82 Å². The van der Waals surface area contributed by atoms with Crippen molar-refractivity contribution < 1.29 is 19.1 Å². The third-order valence-corrected chi connectivity index (χ3v) is 3.03. The predicted molar refractivity (Wildman–Crippen MR) is 62.9 cm³/mol. The quantitative estimate of drug-likeness (QED) is 0.841. The maximum absolute atomic E-state index is 13.3. The smallest absolute Gasteiger partial charge is 0.321 e. The van der Waals surface area contributed by atoms with Gasteiger partial charge in [-0.1, -0.05) is 6.07 Å². The van der Waals surface area contributed by atoms with Crippen molar-refractivity contribution in [2.45, 2.75) is 6.92 Å². The average Bonchev–Trinajstić information content (AvgIpc) is 2.22. The molecule has 6 heteroatoms. The summed E-state index contributed by atoms with van der Waals surface area (Å²) in [7, 11) is 0. The van der Waals surface area contributed by atoms with Gasteiger partial charge in [0.25, 0.3) is 0 Å². The summed E-state index contributed by atoms with van der Waals surface area (Å²) in [5.41, 5.74) is 0.764. The number of carboxylic acid groups (broad SMARTS) is 1. The van der Waals surface area contributed by atoms with E-state index < -0.39 is 17.9 Å². The molecule has 5 nitrogen and oxygen atoms in total. The lowest BCUT2D eigenvalue weighted by Crippen LogP contribution is -2.54. The molecule has 1 aromatic rings. The van der Waals surface area contributed by atoms with E-state index in [2.05, 4.69) is 5.32 Å². The van der Waals surface area contributed by atoms with Crippen LogP contribution in [0.25, 0.3) is 0 Å². The number of hydrogen-bond acceptors (Lipinski definition) is 2. The monoisotopic (exact) mass is 252 g/mol. The van der Waals surface area contributed by atoms with Gasteiger partial charge in [0.15, 0.2) is 0 Å². The van der Waals surface area contributed by atoms with Gasteiger partial charge in [0.05, 0.1) is 5.92 Å². The van der Waals surface area contributed by atoms with Crippen LogP contribution in [0.15, 0.2) is 18.2 Å². The molecule has 0 radical (unpaired) electrons. The van der Waals surface area contributed by atoms with Gasteiger partial charge in [-0.2, -0.15) is 0 Å². The third kappa shape index (κ3) is 2.27. The zero-order valence-corrected chi connectivity index (χ0v) is 9.81. The van der Waals surface area contributed by atoms with Crippen LogP contribution in [0.4, 0.5) is 14.9 Å². The topological polar surface area (TPSA) is 69.6 Å². The fraction of sp³-hybridized carbons (Fsp3) is 0.333. The van der Waals surface area contributed by atoms with Crippen LogP contribution < -0.4 is 5.32 Å². The zero-order chi connectivity index (χ0) is 13.3. The van der Waals surface area contributed by atoms with Crippen LogP contribution in [-0.2, 0) is 4.79 Å². The fourth-order valence-electron chi connectivity index (χ4n) is 1.74. The van der Waals surface area contributed by atoms with Crippen molar-refractivity contribution in [3.63, 3.8) is 0 Å². The van der Waals surface area contributed by atoms with Gasteiger partial charge in [-0.25, -0.2) is 9.18 Å². The van der Waals surface area contributed by atoms with Gasteiger partial charge in [-0.15, -0.1) is 0 Å². The Labute approximate surface area is 103 Å². The Morgan fingerprint density at radius 2 is 2.11 bits per heavy atom. The molecule has 0 atom stereocenters. The van der Waals surface area contributed by atoms with Crippen LogP contribution in [0.3, 0.4) is 0 Å². The molecule has 0 bridgehead atoms. The van der Waals surface area contributed by atoms with Crippen molar-refractivity contribution in [3.8, 4) is 0 Å². The molecule has 0 saturated carbocycles. The minimum absolute atomic E-state index is 0.190. The van der Waals surface area contributed by atoms with E-state index >= 15 is 0 Å². The predicted octanol–water partition coefficient (Wildman–Crippen LogP) is 1.68. The molecule has 0 aromatic heterocycles. The Balaban J connectivity index is 1.97. The van der Waals surface area contributed by atoms with Crippen molar-refractivity contribution in [1.29, 1.82) is 0 Å². The number of carbonyl (C=O) groups excluding carboxylic acids is 1. The SMILES string of the molecule is Cc1c(F)cccc1NC(=O)N1CC(C(=O)O)C1. The lowest BCUT2D eigenvalue weighted by Gasteiger charge is -2.36. The van der Waals surface area contributed by atoms with E-state index in [0.29, 0.717) is 11.3 Å². The lowest BCUT2D eigenvalue weighted by atomic mass is 10.0. The van der Waals surface area contributed by atoms with Crippen molar-refractivity contribution >= 4 is 17.7 Å². The molecule has 1 heterocycles. The normalized spacial score (nSPS) is 15.1. The van der Waals surface area contributed by atoms with E-state index in [1.54, 1.807) is 13.0 Å². The molecule has 1 aliphatic rings. The second-order valence-corrected chi connectivity index (χ2v) is 4.28. The largest absolute Gasteiger partial charge is 0.481 e. The summed E-state index contributed by atoms with van der Waals surface area (Å²) in [6, 6.07) is 4.02. The van der Waals surface area contributed by atoms with Gasteiger partial charge in [0, 0.05) is 24.3 Å². The molecular weight excluding hydrogens is 239 g/mol. The Bertz CT molecular complexity index is 498. The summed E-state index contributed by atoms with van der Waals surface area (Å²) in [5.74, 6) is -1.79. The molecular formula is C12H13FN2O3. The van der Waals surface area contributed by atoms with Gasteiger partial charge in [-0.05, 0) is 19.1 Å². The highest BCUT2D eigenvalue weighted by Gasteiger charge is 2.35. The summed E-state index contributed by atoms with van der Waals surface area (Å²) in [6.07, 6.45) is 0. The van der Waals surface area contributed by atoms with Crippen LogP contribution in [0.2, 0.25) is 0 Å². The molecule has 0 unspecified atom stereocenters. The van der Waals surface area contributed by atoms with Gasteiger partial charge >= 0.3 is 12.0 Å². The van der Waals surface area contributed by atoms with Gasteiger partial charge < -0.3 is 15.3 Å². The molecule has 1 fully saturated rings. The first-order valence-electron chi connectivity index (χ1n) is 5.53. The number of urea groups is 1. The summed E-state index contributed by atoms with van der Waals surface area (Å²) >= 11 is 0.